The molecule has 2 fully saturated rings. The number of halogens is 2. The summed E-state index contributed by atoms with van der Waals surface area (Å²) in [5, 5.41) is 61.9. The van der Waals surface area contributed by atoms with Gasteiger partial charge >= 0.3 is 5.97 Å². The lowest BCUT2D eigenvalue weighted by molar-refractivity contribution is -0.271. The minimum atomic E-state index is -1.90. The monoisotopic (exact) mass is 569 g/mol. The predicted molar refractivity (Wildman–Crippen MR) is 137 cm³/mol. The van der Waals surface area contributed by atoms with Crippen LogP contribution >= 0.6 is 11.6 Å². The molecule has 6 atom stereocenters. The van der Waals surface area contributed by atoms with Crippen molar-refractivity contribution in [3.05, 3.63) is 64.4 Å². The SMILES string of the molecule is O=C(O)[C@H]1O[C@@H](Oc2cc(F)ccc2C(O)CCCN2CCC(O)(c3ccc(Cl)cc3)CC2)[C@H](O)[C@@H](O)[C@@H]1O. The average Bonchev–Trinajstić information content (AvgIpc) is 2.90. The van der Waals surface area contributed by atoms with Crippen molar-refractivity contribution in [2.24, 2.45) is 0 Å². The minimum Gasteiger partial charge on any atom is -0.479 e. The van der Waals surface area contributed by atoms with Gasteiger partial charge in [-0.3, -0.25) is 0 Å². The zero-order valence-electron chi connectivity index (χ0n) is 21.1. The predicted octanol–water partition coefficient (Wildman–Crippen LogP) is 1.55. The highest BCUT2D eigenvalue weighted by Gasteiger charge is 2.48. The molecule has 0 spiro atoms. The molecule has 39 heavy (non-hydrogen) atoms. The third-order valence-electron chi connectivity index (χ3n) is 7.41. The summed E-state index contributed by atoms with van der Waals surface area (Å²) in [6.45, 7) is 1.98. The Kier molecular flexibility index (Phi) is 9.45. The molecule has 0 radical (unpaired) electrons. The van der Waals surface area contributed by atoms with Crippen molar-refractivity contribution in [2.75, 3.05) is 19.6 Å². The van der Waals surface area contributed by atoms with E-state index >= 15 is 0 Å². The van der Waals surface area contributed by atoms with E-state index in [1.165, 1.54) is 6.07 Å². The fourth-order valence-electron chi connectivity index (χ4n) is 5.02. The van der Waals surface area contributed by atoms with E-state index in [0.29, 0.717) is 43.9 Å². The minimum absolute atomic E-state index is 0.190. The summed E-state index contributed by atoms with van der Waals surface area (Å²) in [5.74, 6) is -2.47. The quantitative estimate of drug-likeness (QED) is 0.261. The van der Waals surface area contributed by atoms with E-state index in [9.17, 15) is 39.8 Å². The molecule has 2 heterocycles. The molecule has 2 aliphatic rings. The van der Waals surface area contributed by atoms with Crippen LogP contribution in [0.4, 0.5) is 4.39 Å². The number of ether oxygens (including phenoxy) is 2. The maximum Gasteiger partial charge on any atom is 0.335 e. The first-order valence-electron chi connectivity index (χ1n) is 12.8. The molecular formula is C27H33ClFNO9. The Bertz CT molecular complexity index is 1130. The normalized spacial score (nSPS) is 28.1. The molecule has 2 aromatic carbocycles. The number of hydrogen-bond acceptors (Lipinski definition) is 9. The highest BCUT2D eigenvalue weighted by Crippen LogP contribution is 2.35. The Balaban J connectivity index is 1.33. The van der Waals surface area contributed by atoms with Crippen LogP contribution in [0, 0.1) is 5.82 Å². The number of carboxylic acid groups (broad SMARTS) is 1. The molecular weight excluding hydrogens is 537 g/mol. The van der Waals surface area contributed by atoms with Crippen LogP contribution in [-0.4, -0.2) is 91.8 Å². The van der Waals surface area contributed by atoms with Gasteiger partial charge in [-0.05, 0) is 62.1 Å². The van der Waals surface area contributed by atoms with Gasteiger partial charge in [-0.15, -0.1) is 0 Å². The van der Waals surface area contributed by atoms with E-state index in [2.05, 4.69) is 4.90 Å². The van der Waals surface area contributed by atoms with Crippen LogP contribution in [0.3, 0.4) is 0 Å². The third kappa shape index (κ3) is 6.87. The highest BCUT2D eigenvalue weighted by atomic mass is 35.5. The third-order valence-corrected chi connectivity index (χ3v) is 7.66. The second-order valence-corrected chi connectivity index (χ2v) is 10.5. The van der Waals surface area contributed by atoms with Crippen molar-refractivity contribution < 1.29 is 49.3 Å². The van der Waals surface area contributed by atoms with E-state index in [4.69, 9.17) is 21.1 Å². The Labute approximate surface area is 229 Å². The zero-order chi connectivity index (χ0) is 28.3. The molecule has 0 bridgehead atoms. The summed E-state index contributed by atoms with van der Waals surface area (Å²) in [6.07, 6.45) is -8.33. The number of aliphatic carboxylic acids is 1. The second kappa shape index (κ2) is 12.4. The van der Waals surface area contributed by atoms with Crippen molar-refractivity contribution >= 4 is 17.6 Å². The van der Waals surface area contributed by atoms with Gasteiger partial charge < -0.3 is 45.0 Å². The molecule has 1 unspecified atom stereocenters. The second-order valence-electron chi connectivity index (χ2n) is 10.1. The summed E-state index contributed by atoms with van der Waals surface area (Å²) in [6, 6.07) is 10.6. The molecule has 12 heteroatoms. The lowest BCUT2D eigenvalue weighted by Crippen LogP contribution is -2.61. The molecule has 10 nitrogen and oxygen atoms in total. The van der Waals surface area contributed by atoms with Crippen molar-refractivity contribution in [3.63, 3.8) is 0 Å². The van der Waals surface area contributed by atoms with Gasteiger partial charge in [-0.2, -0.15) is 0 Å². The Morgan fingerprint density at radius 1 is 1.10 bits per heavy atom. The average molecular weight is 570 g/mol. The molecule has 0 aliphatic carbocycles. The topological polar surface area (TPSA) is 160 Å². The van der Waals surface area contributed by atoms with Gasteiger partial charge in [0.15, 0.2) is 6.10 Å². The molecule has 6 N–H and O–H groups in total. The first-order chi connectivity index (χ1) is 18.5. The summed E-state index contributed by atoms with van der Waals surface area (Å²) >= 11 is 5.95. The van der Waals surface area contributed by atoms with Gasteiger partial charge in [0.25, 0.3) is 0 Å². The largest absolute Gasteiger partial charge is 0.479 e. The van der Waals surface area contributed by atoms with E-state index in [1.54, 1.807) is 12.1 Å². The standard InChI is InChI=1S/C27H33ClFNO9/c28-16-5-3-15(4-6-16)27(37)9-12-30(13-10-27)11-1-2-19(31)18-8-7-17(29)14-20(18)38-26-23(34)21(32)22(33)24(39-26)25(35)36/h3-8,14,19,21-24,26,31-34,37H,1-2,9-13H2,(H,35,36)/t19?,21-,22-,23+,24-,26+/m0/s1. The van der Waals surface area contributed by atoms with Gasteiger partial charge in [-0.25, -0.2) is 9.18 Å². The zero-order valence-corrected chi connectivity index (χ0v) is 21.8. The number of nitrogens with zero attached hydrogens (tertiary/aromatic N) is 1. The van der Waals surface area contributed by atoms with Gasteiger partial charge in [0.05, 0.1) is 11.7 Å². The number of benzene rings is 2. The Morgan fingerprint density at radius 2 is 1.77 bits per heavy atom. The number of aliphatic hydroxyl groups excluding tert-OH is 4. The van der Waals surface area contributed by atoms with E-state index < -0.39 is 54.2 Å². The lowest BCUT2D eigenvalue weighted by atomic mass is 9.84. The summed E-state index contributed by atoms with van der Waals surface area (Å²) in [5.41, 5.74) is 0.0979. The van der Waals surface area contributed by atoms with Crippen LogP contribution < -0.4 is 4.74 Å². The van der Waals surface area contributed by atoms with Gasteiger partial charge in [0.2, 0.25) is 6.29 Å². The molecule has 0 saturated carbocycles. The van der Waals surface area contributed by atoms with Crippen LogP contribution in [0.5, 0.6) is 5.75 Å². The first-order valence-corrected chi connectivity index (χ1v) is 13.1. The molecule has 2 aliphatic heterocycles. The summed E-state index contributed by atoms with van der Waals surface area (Å²) < 4.78 is 24.7. The van der Waals surface area contributed by atoms with Crippen LogP contribution in [0.1, 0.15) is 42.9 Å². The van der Waals surface area contributed by atoms with E-state index in [-0.39, 0.29) is 17.7 Å². The smallest absolute Gasteiger partial charge is 0.335 e. The van der Waals surface area contributed by atoms with Gasteiger partial charge in [0.1, 0.15) is 29.9 Å². The van der Waals surface area contributed by atoms with Crippen molar-refractivity contribution in [2.45, 2.75) is 68.1 Å². The maximum absolute atomic E-state index is 14.0. The van der Waals surface area contributed by atoms with Crippen molar-refractivity contribution in [1.29, 1.82) is 0 Å². The molecule has 4 rings (SSSR count). The summed E-state index contributed by atoms with van der Waals surface area (Å²) in [7, 11) is 0. The van der Waals surface area contributed by atoms with Crippen LogP contribution in [0.2, 0.25) is 5.02 Å². The Morgan fingerprint density at radius 3 is 2.41 bits per heavy atom. The summed E-state index contributed by atoms with van der Waals surface area (Å²) in [4.78, 5) is 13.5. The maximum atomic E-state index is 14.0. The first kappa shape index (κ1) is 29.6. The molecule has 2 aromatic rings. The lowest BCUT2D eigenvalue weighted by Gasteiger charge is -2.39. The number of hydrogen-bond donors (Lipinski definition) is 6. The number of likely N-dealkylation sites (tertiary alicyclic amines) is 1. The van der Waals surface area contributed by atoms with Crippen LogP contribution in [0.25, 0.3) is 0 Å². The Hall–Kier alpha value is -2.35. The number of piperidine rings is 1. The van der Waals surface area contributed by atoms with Crippen LogP contribution in [0.15, 0.2) is 42.5 Å². The van der Waals surface area contributed by atoms with Gasteiger partial charge in [0, 0.05) is 29.7 Å². The molecule has 214 valence electrons. The number of aliphatic hydroxyl groups is 5. The van der Waals surface area contributed by atoms with Crippen LogP contribution in [-0.2, 0) is 15.1 Å². The number of carbonyl (C=O) groups is 1. The highest BCUT2D eigenvalue weighted by molar-refractivity contribution is 6.30. The number of carboxylic acids is 1. The van der Waals surface area contributed by atoms with E-state index in [1.807, 2.05) is 12.1 Å². The van der Waals surface area contributed by atoms with Gasteiger partial charge in [-0.1, -0.05) is 23.7 Å². The number of rotatable bonds is 9. The fraction of sp³-hybridized carbons (Fsp3) is 0.519. The van der Waals surface area contributed by atoms with Crippen molar-refractivity contribution in [1.82, 2.24) is 4.90 Å². The van der Waals surface area contributed by atoms with E-state index in [0.717, 1.165) is 17.7 Å². The fourth-order valence-corrected chi connectivity index (χ4v) is 5.15. The molecule has 2 saturated heterocycles. The molecule has 0 amide bonds. The van der Waals surface area contributed by atoms with Crippen molar-refractivity contribution in [3.8, 4) is 5.75 Å². The molecule has 0 aromatic heterocycles.